The molecule has 4 aliphatic rings. The van der Waals surface area contributed by atoms with Crippen molar-refractivity contribution in [2.75, 3.05) is 0 Å². The van der Waals surface area contributed by atoms with E-state index < -0.39 is 0 Å². The molecule has 0 radical (unpaired) electrons. The predicted octanol–water partition coefficient (Wildman–Crippen LogP) is 28.6. The molecule has 0 saturated heterocycles. The molecule has 0 amide bonds. The lowest BCUT2D eigenvalue weighted by atomic mass is 9.69. The normalized spacial score (nSPS) is 23.6. The molecule has 6 aromatic rings. The molecular weight excluding hydrogens is 1110 g/mol. The maximum atomic E-state index is 2.41. The van der Waals surface area contributed by atoms with Crippen LogP contribution in [0.2, 0.25) is 0 Å². The van der Waals surface area contributed by atoms with Crippen LogP contribution < -0.4 is 0 Å². The quantitative estimate of drug-likeness (QED) is 0.142. The Bertz CT molecular complexity index is 2720. The Labute approximate surface area is 574 Å². The lowest BCUT2D eigenvalue weighted by Gasteiger charge is -2.36. The van der Waals surface area contributed by atoms with Crippen molar-refractivity contribution in [3.05, 3.63) is 208 Å². The van der Waals surface area contributed by atoms with Crippen molar-refractivity contribution in [2.45, 2.75) is 299 Å². The van der Waals surface area contributed by atoms with Crippen LogP contribution in [0.5, 0.6) is 0 Å². The SMILES string of the molecule is CC1CCC(C)C(C)C1.CC1CCC(C)C(C)C1.CC1CCC(C)C(C)C1C.CC1CCC(C)CC1.Cc1cc(C)c(C)c(C)c1.Cc1cc(C)c(C)c(C)c1.Cc1ccc(C)c(C)c1.Cc1ccc(C)c(C)c1.Cc1ccc(C)c(C)c1C.Cc1ccc(C)cc1. The minimum absolute atomic E-state index is 0.948. The molecule has 0 aliphatic heterocycles. The molecule has 10 rings (SSSR count). The van der Waals surface area contributed by atoms with E-state index in [0.29, 0.717) is 0 Å². The summed E-state index contributed by atoms with van der Waals surface area (Å²) < 4.78 is 0. The first-order chi connectivity index (χ1) is 42.8. The summed E-state index contributed by atoms with van der Waals surface area (Å²) in [5.41, 5.74) is 27.7. The van der Waals surface area contributed by atoms with Gasteiger partial charge in [0.1, 0.15) is 0 Å². The minimum Gasteiger partial charge on any atom is -0.0625 e. The molecule has 0 heterocycles. The molecule has 0 spiro atoms. The molecule has 0 aromatic heterocycles. The van der Waals surface area contributed by atoms with E-state index in [1.165, 1.54) is 188 Å². The van der Waals surface area contributed by atoms with Gasteiger partial charge < -0.3 is 0 Å². The maximum absolute atomic E-state index is 2.41. The van der Waals surface area contributed by atoms with E-state index in [9.17, 15) is 0 Å². The van der Waals surface area contributed by atoms with Gasteiger partial charge in [0, 0.05) is 0 Å². The molecule has 10 unspecified atom stereocenters. The second kappa shape index (κ2) is 44.1. The highest BCUT2D eigenvalue weighted by molar-refractivity contribution is 5.39. The van der Waals surface area contributed by atoms with Crippen LogP contribution in [0.15, 0.2) is 97.1 Å². The first-order valence-corrected chi connectivity index (χ1v) is 37.1. The van der Waals surface area contributed by atoms with E-state index in [-0.39, 0.29) is 0 Å². The Balaban J connectivity index is 0.000000512. The van der Waals surface area contributed by atoms with Crippen LogP contribution in [0, 0.1) is 209 Å². The van der Waals surface area contributed by atoms with Crippen molar-refractivity contribution in [2.24, 2.45) is 71.0 Å². The molecule has 0 nitrogen and oxygen atoms in total. The fourth-order valence-electron chi connectivity index (χ4n) is 13.2. The van der Waals surface area contributed by atoms with Crippen molar-refractivity contribution in [1.82, 2.24) is 0 Å². The second-order valence-corrected chi connectivity index (χ2v) is 31.7. The third-order valence-corrected chi connectivity index (χ3v) is 22.7. The van der Waals surface area contributed by atoms with Crippen molar-refractivity contribution in [3.8, 4) is 0 Å². The molecule has 10 atom stereocenters. The van der Waals surface area contributed by atoms with Gasteiger partial charge in [-0.1, -0.05) is 278 Å². The average Bonchev–Trinajstić information content (AvgIpc) is 1.56. The van der Waals surface area contributed by atoms with Gasteiger partial charge in [-0.25, -0.2) is 0 Å². The van der Waals surface area contributed by atoms with Crippen LogP contribution in [0.4, 0.5) is 0 Å². The van der Waals surface area contributed by atoms with Gasteiger partial charge in [-0.3, -0.25) is 0 Å². The lowest BCUT2D eigenvalue weighted by Crippen LogP contribution is -2.27. The molecule has 0 N–H and O–H groups in total. The van der Waals surface area contributed by atoms with E-state index in [2.05, 4.69) is 319 Å². The van der Waals surface area contributed by atoms with E-state index in [1.54, 1.807) is 0 Å². The van der Waals surface area contributed by atoms with Gasteiger partial charge in [0.15, 0.2) is 0 Å². The molecule has 6 aromatic carbocycles. The highest BCUT2D eigenvalue weighted by atomic mass is 14.3. The van der Waals surface area contributed by atoms with Crippen LogP contribution in [-0.2, 0) is 0 Å². The summed E-state index contributed by atoms with van der Waals surface area (Å²) in [4.78, 5) is 0. The number of hydrogen-bond donors (Lipinski definition) is 0. The summed E-state index contributed by atoms with van der Waals surface area (Å²) in [6.07, 6.45) is 17.6. The topological polar surface area (TPSA) is 0 Å². The smallest absolute Gasteiger partial charge is 0.0389 e. The van der Waals surface area contributed by atoms with Gasteiger partial charge >= 0.3 is 0 Å². The lowest BCUT2D eigenvalue weighted by molar-refractivity contribution is 0.137. The van der Waals surface area contributed by atoms with Crippen molar-refractivity contribution in [3.63, 3.8) is 0 Å². The third kappa shape index (κ3) is 34.1. The Morgan fingerprint density at radius 1 is 0.185 bits per heavy atom. The Hall–Kier alpha value is -4.68. The summed E-state index contributed by atoms with van der Waals surface area (Å²) in [6, 6.07) is 34.7. The van der Waals surface area contributed by atoms with Crippen LogP contribution >= 0.6 is 0 Å². The second-order valence-electron chi connectivity index (χ2n) is 31.7. The zero-order valence-corrected chi connectivity index (χ0v) is 66.7. The molecule has 4 aliphatic carbocycles. The molecule has 4 saturated carbocycles. The van der Waals surface area contributed by atoms with Crippen LogP contribution in [0.25, 0.3) is 0 Å². The number of hydrogen-bond acceptors (Lipinski definition) is 0. The molecule has 516 valence electrons. The summed E-state index contributed by atoms with van der Waals surface area (Å²) >= 11 is 0. The van der Waals surface area contributed by atoms with Crippen LogP contribution in [-0.4, -0.2) is 0 Å². The molecule has 0 heteroatoms. The first-order valence-electron chi connectivity index (χ1n) is 37.1. The van der Waals surface area contributed by atoms with Gasteiger partial charge in [-0.2, -0.15) is 0 Å². The summed E-state index contributed by atoms with van der Waals surface area (Å²) in [7, 11) is 0. The fourth-order valence-corrected chi connectivity index (χ4v) is 13.2. The Kier molecular flexibility index (Phi) is 40.9. The Morgan fingerprint density at radius 2 is 0.413 bits per heavy atom. The minimum atomic E-state index is 0.948. The van der Waals surface area contributed by atoms with Crippen LogP contribution in [0.3, 0.4) is 0 Å². The van der Waals surface area contributed by atoms with Crippen molar-refractivity contribution >= 4 is 0 Å². The average molecular weight is 1250 g/mol. The third-order valence-electron chi connectivity index (χ3n) is 22.7. The van der Waals surface area contributed by atoms with Gasteiger partial charge in [0.05, 0.1) is 0 Å². The highest BCUT2D eigenvalue weighted by Gasteiger charge is 2.28. The van der Waals surface area contributed by atoms with E-state index >= 15 is 0 Å². The molecule has 92 heavy (non-hydrogen) atoms. The summed E-state index contributed by atoms with van der Waals surface area (Å²) in [6.45, 7) is 71.6. The summed E-state index contributed by atoms with van der Waals surface area (Å²) in [5.74, 6) is 11.8. The van der Waals surface area contributed by atoms with Crippen LogP contribution in [0.1, 0.15) is 271 Å². The van der Waals surface area contributed by atoms with E-state index in [4.69, 9.17) is 0 Å². The number of aryl methyl sites for hydroxylation is 16. The van der Waals surface area contributed by atoms with E-state index in [1.807, 2.05) is 0 Å². The summed E-state index contributed by atoms with van der Waals surface area (Å²) in [5, 5.41) is 0. The molecule has 0 bridgehead atoms. The van der Waals surface area contributed by atoms with Crippen molar-refractivity contribution in [1.29, 1.82) is 0 Å². The Morgan fingerprint density at radius 3 is 0.652 bits per heavy atom. The monoisotopic (exact) mass is 1250 g/mol. The van der Waals surface area contributed by atoms with Gasteiger partial charge in [0.25, 0.3) is 0 Å². The zero-order chi connectivity index (χ0) is 70.3. The standard InChI is InChI=1S/2C10H14.C10H20.C10H14.2C9H18.2C9H12.C8H16.C8H10/c2*1-7-5-8(2)10(4)9(3)6-7;2*1-7-5-6-8(2)10(4)9(7)3;4*1-7-4-5-8(2)9(3)6-7;2*1-7-3-5-8(2)6-4-7/h2*5-6H,1-4H3;7-10H,5-6H2,1-4H3;5-6H,1-4H3;2*7-9H,4-6H2,1-3H3;2*4-6H,1-3H3;7-8H,3-6H2,1-2H3;3-6H,1-2H3. The van der Waals surface area contributed by atoms with Gasteiger partial charge in [-0.15, -0.1) is 0 Å². The fraction of sp³-hybridized carbons (Fsp3) is 0.609. The molecule has 4 fully saturated rings. The highest BCUT2D eigenvalue weighted by Crippen LogP contribution is 2.38. The largest absolute Gasteiger partial charge is 0.0625 e. The molecular formula is C92H148. The van der Waals surface area contributed by atoms with E-state index in [0.717, 1.165) is 71.0 Å². The number of benzene rings is 6. The van der Waals surface area contributed by atoms with Gasteiger partial charge in [-0.05, 0) is 300 Å². The van der Waals surface area contributed by atoms with Gasteiger partial charge in [0.2, 0.25) is 0 Å². The van der Waals surface area contributed by atoms with Crippen molar-refractivity contribution < 1.29 is 0 Å². The first kappa shape index (κ1) is 85.3. The number of rotatable bonds is 0. The predicted molar refractivity (Wildman–Crippen MR) is 419 cm³/mol. The maximum Gasteiger partial charge on any atom is -0.0389 e. The zero-order valence-electron chi connectivity index (χ0n) is 66.7.